The van der Waals surface area contributed by atoms with Crippen LogP contribution in [-0.4, -0.2) is 58.8 Å². The SMILES string of the molecule is CCOc1ccc(NC(=O)CSc2nnc(C(C)C)n2C)cc1S(=O)(=O)N(CC)CC. The van der Waals surface area contributed by atoms with Crippen LogP contribution in [0.25, 0.3) is 0 Å². The lowest BCUT2D eigenvalue weighted by Crippen LogP contribution is -2.31. The van der Waals surface area contributed by atoms with Crippen molar-refractivity contribution in [3.8, 4) is 5.75 Å². The van der Waals surface area contributed by atoms with Gasteiger partial charge in [0.1, 0.15) is 16.5 Å². The average Bonchev–Trinajstić information content (AvgIpc) is 3.09. The third-order valence-corrected chi connectivity index (χ3v) is 7.66. The summed E-state index contributed by atoms with van der Waals surface area (Å²) in [6, 6.07) is 4.65. The lowest BCUT2D eigenvalue weighted by Gasteiger charge is -2.21. The highest BCUT2D eigenvalue weighted by atomic mass is 32.2. The molecule has 2 aromatic rings. The van der Waals surface area contributed by atoms with Crippen molar-refractivity contribution in [2.75, 3.05) is 30.8 Å². The average molecular weight is 470 g/mol. The van der Waals surface area contributed by atoms with Gasteiger partial charge in [-0.1, -0.05) is 39.5 Å². The van der Waals surface area contributed by atoms with E-state index in [1.807, 2.05) is 25.5 Å². The Morgan fingerprint density at radius 1 is 1.23 bits per heavy atom. The molecule has 0 bridgehead atoms. The second-order valence-electron chi connectivity index (χ2n) is 7.08. The lowest BCUT2D eigenvalue weighted by molar-refractivity contribution is -0.113. The molecule has 0 unspecified atom stereocenters. The molecule has 0 atom stereocenters. The molecule has 11 heteroatoms. The standard InChI is InChI=1S/C20H31N5O4S2/c1-7-25(8-2)31(27,28)17-12-15(10-11-16(17)29-9-3)21-18(26)13-30-20-23-22-19(14(4)5)24(20)6/h10-12,14H,7-9,13H2,1-6H3,(H,21,26). The molecule has 1 aromatic carbocycles. The van der Waals surface area contributed by atoms with Crippen molar-refractivity contribution in [3.63, 3.8) is 0 Å². The summed E-state index contributed by atoms with van der Waals surface area (Å²) in [4.78, 5) is 12.5. The third-order valence-electron chi connectivity index (χ3n) is 4.57. The Bertz CT molecular complexity index is 1000. The van der Waals surface area contributed by atoms with Crippen LogP contribution in [-0.2, 0) is 21.9 Å². The number of sulfonamides is 1. The molecule has 0 aliphatic heterocycles. The maximum atomic E-state index is 13.0. The fraction of sp³-hybridized carbons (Fsp3) is 0.550. The molecule has 1 N–H and O–H groups in total. The van der Waals surface area contributed by atoms with Gasteiger partial charge in [-0.3, -0.25) is 4.79 Å². The maximum Gasteiger partial charge on any atom is 0.246 e. The summed E-state index contributed by atoms with van der Waals surface area (Å²) in [5.41, 5.74) is 0.389. The van der Waals surface area contributed by atoms with Crippen molar-refractivity contribution in [1.29, 1.82) is 0 Å². The summed E-state index contributed by atoms with van der Waals surface area (Å²) >= 11 is 1.27. The largest absolute Gasteiger partial charge is 0.492 e. The molecule has 1 heterocycles. The monoisotopic (exact) mass is 469 g/mol. The minimum atomic E-state index is -3.75. The van der Waals surface area contributed by atoms with Crippen LogP contribution in [0, 0.1) is 0 Å². The molecule has 31 heavy (non-hydrogen) atoms. The van der Waals surface area contributed by atoms with Gasteiger partial charge in [-0.2, -0.15) is 4.31 Å². The van der Waals surface area contributed by atoms with Crippen molar-refractivity contribution in [3.05, 3.63) is 24.0 Å². The topological polar surface area (TPSA) is 106 Å². The molecule has 1 aromatic heterocycles. The number of carbonyl (C=O) groups is 1. The molecular weight excluding hydrogens is 438 g/mol. The zero-order valence-corrected chi connectivity index (χ0v) is 20.5. The Morgan fingerprint density at radius 3 is 2.45 bits per heavy atom. The number of benzene rings is 1. The number of nitrogens with zero attached hydrogens (tertiary/aromatic N) is 4. The Hall–Kier alpha value is -2.11. The fourth-order valence-corrected chi connectivity index (χ4v) is 5.38. The molecule has 0 aliphatic carbocycles. The molecule has 0 saturated carbocycles. The molecule has 9 nitrogen and oxygen atoms in total. The number of hydrogen-bond acceptors (Lipinski definition) is 7. The molecule has 1 amide bonds. The van der Waals surface area contributed by atoms with Gasteiger partial charge in [0, 0.05) is 31.7 Å². The van der Waals surface area contributed by atoms with Gasteiger partial charge in [0.15, 0.2) is 5.16 Å². The maximum absolute atomic E-state index is 13.0. The van der Waals surface area contributed by atoms with Crippen LogP contribution in [0.15, 0.2) is 28.3 Å². The highest BCUT2D eigenvalue weighted by Gasteiger charge is 2.26. The van der Waals surface area contributed by atoms with E-state index >= 15 is 0 Å². The summed E-state index contributed by atoms with van der Waals surface area (Å²) in [6.45, 7) is 10.4. The Balaban J connectivity index is 2.19. The molecule has 0 spiro atoms. The Kier molecular flexibility index (Phi) is 8.90. The van der Waals surface area contributed by atoms with Crippen molar-refractivity contribution in [2.45, 2.75) is 50.6 Å². The van der Waals surface area contributed by atoms with Crippen molar-refractivity contribution >= 4 is 33.4 Å². The number of ether oxygens (including phenoxy) is 1. The number of aromatic nitrogens is 3. The predicted octanol–water partition coefficient (Wildman–Crippen LogP) is 3.10. The second kappa shape index (κ2) is 11.0. The molecular formula is C20H31N5O4S2. The molecule has 0 radical (unpaired) electrons. The first-order valence-corrected chi connectivity index (χ1v) is 12.7. The van der Waals surface area contributed by atoms with E-state index < -0.39 is 10.0 Å². The molecule has 2 rings (SSSR count). The van der Waals surface area contributed by atoms with Crippen LogP contribution in [0.4, 0.5) is 5.69 Å². The summed E-state index contributed by atoms with van der Waals surface area (Å²) < 4.78 is 34.8. The number of nitrogens with one attached hydrogen (secondary N) is 1. The number of thioether (sulfide) groups is 1. The first kappa shape index (κ1) is 25.2. The zero-order valence-electron chi connectivity index (χ0n) is 18.9. The number of rotatable bonds is 11. The van der Waals surface area contributed by atoms with Gasteiger partial charge >= 0.3 is 0 Å². The minimum absolute atomic E-state index is 0.0402. The van der Waals surface area contributed by atoms with Crippen LogP contribution in [0.2, 0.25) is 0 Å². The van der Waals surface area contributed by atoms with Crippen LogP contribution >= 0.6 is 11.8 Å². The summed E-state index contributed by atoms with van der Waals surface area (Å²) in [5.74, 6) is 1.20. The van der Waals surface area contributed by atoms with Gasteiger partial charge in [0.05, 0.1) is 12.4 Å². The van der Waals surface area contributed by atoms with Crippen molar-refractivity contribution in [2.24, 2.45) is 7.05 Å². The van der Waals surface area contributed by atoms with Gasteiger partial charge in [0.2, 0.25) is 15.9 Å². The van der Waals surface area contributed by atoms with E-state index in [1.165, 1.54) is 22.1 Å². The summed E-state index contributed by atoms with van der Waals surface area (Å²) in [6.07, 6.45) is 0. The van der Waals surface area contributed by atoms with Crippen LogP contribution in [0.1, 0.15) is 46.4 Å². The van der Waals surface area contributed by atoms with Crippen LogP contribution in [0.5, 0.6) is 5.75 Å². The van der Waals surface area contributed by atoms with E-state index in [1.54, 1.807) is 32.9 Å². The van der Waals surface area contributed by atoms with Gasteiger partial charge in [0.25, 0.3) is 0 Å². The van der Waals surface area contributed by atoms with E-state index in [2.05, 4.69) is 15.5 Å². The molecule has 172 valence electrons. The quantitative estimate of drug-likeness (QED) is 0.504. The molecule has 0 fully saturated rings. The van der Waals surface area contributed by atoms with Crippen LogP contribution in [0.3, 0.4) is 0 Å². The fourth-order valence-electron chi connectivity index (χ4n) is 3.05. The van der Waals surface area contributed by atoms with Gasteiger partial charge < -0.3 is 14.6 Å². The number of anilines is 1. The Labute approximate surface area is 188 Å². The summed E-state index contributed by atoms with van der Waals surface area (Å²) in [5, 5.41) is 11.7. The van der Waals surface area contributed by atoms with E-state index in [-0.39, 0.29) is 28.2 Å². The highest BCUT2D eigenvalue weighted by molar-refractivity contribution is 7.99. The minimum Gasteiger partial charge on any atom is -0.492 e. The first-order valence-electron chi connectivity index (χ1n) is 10.2. The summed E-state index contributed by atoms with van der Waals surface area (Å²) in [7, 11) is -1.88. The second-order valence-corrected chi connectivity index (χ2v) is 9.92. The van der Waals surface area contributed by atoms with Crippen molar-refractivity contribution in [1.82, 2.24) is 19.1 Å². The number of amides is 1. The number of hydrogen-bond donors (Lipinski definition) is 1. The third kappa shape index (κ3) is 5.98. The smallest absolute Gasteiger partial charge is 0.246 e. The highest BCUT2D eigenvalue weighted by Crippen LogP contribution is 2.30. The normalized spacial score (nSPS) is 11.9. The predicted molar refractivity (Wildman–Crippen MR) is 122 cm³/mol. The Morgan fingerprint density at radius 2 is 1.90 bits per heavy atom. The van der Waals surface area contributed by atoms with Gasteiger partial charge in [-0.05, 0) is 25.1 Å². The van der Waals surface area contributed by atoms with Crippen molar-refractivity contribution < 1.29 is 17.9 Å². The molecule has 0 saturated heterocycles. The van der Waals surface area contributed by atoms with E-state index in [0.29, 0.717) is 30.5 Å². The van der Waals surface area contributed by atoms with Gasteiger partial charge in [-0.25, -0.2) is 8.42 Å². The van der Waals surface area contributed by atoms with Gasteiger partial charge in [-0.15, -0.1) is 10.2 Å². The molecule has 0 aliphatic rings. The van der Waals surface area contributed by atoms with Crippen LogP contribution < -0.4 is 10.1 Å². The van der Waals surface area contributed by atoms with E-state index in [4.69, 9.17) is 4.74 Å². The zero-order chi connectivity index (χ0) is 23.2. The first-order chi connectivity index (χ1) is 14.6. The van der Waals surface area contributed by atoms with E-state index in [0.717, 1.165) is 5.82 Å². The van der Waals surface area contributed by atoms with E-state index in [9.17, 15) is 13.2 Å². The lowest BCUT2D eigenvalue weighted by atomic mass is 10.2. The number of carbonyl (C=O) groups excluding carboxylic acids is 1.